The highest BCUT2D eigenvalue weighted by Crippen LogP contribution is 2.20. The molecule has 0 atom stereocenters. The Morgan fingerprint density at radius 3 is 2.22 bits per heavy atom. The molecule has 6 heteroatoms. The van der Waals surface area contributed by atoms with Gasteiger partial charge in [0.1, 0.15) is 12.4 Å². The van der Waals surface area contributed by atoms with Crippen LogP contribution in [0.5, 0.6) is 5.75 Å². The number of hydrogen-bond donors (Lipinski definition) is 0. The first-order valence-corrected chi connectivity index (χ1v) is 11.8. The fourth-order valence-corrected chi connectivity index (χ4v) is 3.85. The summed E-state index contributed by atoms with van der Waals surface area (Å²) in [5.41, 5.74) is 0.914. The van der Waals surface area contributed by atoms with Crippen molar-refractivity contribution in [1.29, 1.82) is 0 Å². The zero-order valence-electron chi connectivity index (χ0n) is 19.2. The summed E-state index contributed by atoms with van der Waals surface area (Å²) in [5.74, 6) is 0.736. The van der Waals surface area contributed by atoms with Crippen molar-refractivity contribution in [2.24, 2.45) is 0 Å². The van der Waals surface area contributed by atoms with E-state index in [0.29, 0.717) is 34.5 Å². The second kappa shape index (κ2) is 12.1. The van der Waals surface area contributed by atoms with Crippen molar-refractivity contribution in [2.45, 2.75) is 65.2 Å². The van der Waals surface area contributed by atoms with Gasteiger partial charge in [-0.2, -0.15) is 4.73 Å². The standard InChI is InChI=1S/C26H34N2O4/c1-3-5-6-7-8-9-10-13-20-31-22-18-16-21(17-19-22)25-26(29)28(32-4-2)24-15-12-11-14-23(24)27(25)30/h11-12,14-19H,3-10,13,20H2,1-2H3. The summed E-state index contributed by atoms with van der Waals surface area (Å²) in [6, 6.07) is 14.0. The van der Waals surface area contributed by atoms with E-state index in [1.54, 1.807) is 55.5 Å². The topological polar surface area (TPSA) is 67.4 Å². The molecule has 1 aromatic heterocycles. The number of unbranched alkanes of at least 4 members (excludes halogenated alkanes) is 7. The summed E-state index contributed by atoms with van der Waals surface area (Å²) in [6.45, 7) is 5.03. The van der Waals surface area contributed by atoms with Gasteiger partial charge in [-0.15, -0.1) is 4.73 Å². The highest BCUT2D eigenvalue weighted by Gasteiger charge is 2.23. The lowest BCUT2D eigenvalue weighted by atomic mass is 10.1. The molecule has 3 rings (SSSR count). The van der Waals surface area contributed by atoms with Gasteiger partial charge in [0.25, 0.3) is 5.69 Å². The monoisotopic (exact) mass is 438 g/mol. The average molecular weight is 439 g/mol. The molecule has 6 nitrogen and oxygen atoms in total. The quantitative estimate of drug-likeness (QED) is 0.207. The van der Waals surface area contributed by atoms with Crippen LogP contribution in [0.2, 0.25) is 0 Å². The summed E-state index contributed by atoms with van der Waals surface area (Å²) >= 11 is 0. The van der Waals surface area contributed by atoms with Gasteiger partial charge in [-0.25, -0.2) is 0 Å². The maximum atomic E-state index is 13.0. The van der Waals surface area contributed by atoms with Crippen LogP contribution in [0, 0.1) is 5.21 Å². The number of nitrogens with zero attached hydrogens (tertiary/aromatic N) is 2. The molecule has 0 N–H and O–H groups in total. The molecule has 0 fully saturated rings. The molecule has 0 radical (unpaired) electrons. The van der Waals surface area contributed by atoms with Crippen molar-refractivity contribution in [3.8, 4) is 17.0 Å². The number of fused-ring (bicyclic) bond motifs is 1. The second-order valence-corrected chi connectivity index (χ2v) is 8.00. The molecule has 3 aromatic rings. The third-order valence-electron chi connectivity index (χ3n) is 5.56. The Hall–Kier alpha value is -3.02. The molecule has 2 aromatic carbocycles. The molecular formula is C26H34N2O4. The zero-order chi connectivity index (χ0) is 22.8. The minimum Gasteiger partial charge on any atom is -0.618 e. The fraction of sp³-hybridized carbons (Fsp3) is 0.462. The first-order chi connectivity index (χ1) is 15.7. The van der Waals surface area contributed by atoms with Crippen LogP contribution in [0.25, 0.3) is 22.3 Å². The normalized spacial score (nSPS) is 11.1. The van der Waals surface area contributed by atoms with E-state index in [0.717, 1.165) is 12.2 Å². The average Bonchev–Trinajstić information content (AvgIpc) is 2.82. The van der Waals surface area contributed by atoms with Crippen molar-refractivity contribution in [3.63, 3.8) is 0 Å². The molecule has 0 saturated carbocycles. The van der Waals surface area contributed by atoms with Crippen LogP contribution in [0.15, 0.2) is 53.3 Å². The predicted octanol–water partition coefficient (Wildman–Crippen LogP) is 5.27. The van der Waals surface area contributed by atoms with Crippen molar-refractivity contribution in [2.75, 3.05) is 13.2 Å². The van der Waals surface area contributed by atoms with Gasteiger partial charge in [0.2, 0.25) is 5.52 Å². The summed E-state index contributed by atoms with van der Waals surface area (Å²) < 4.78 is 7.73. The van der Waals surface area contributed by atoms with Crippen molar-refractivity contribution < 1.29 is 14.3 Å². The Bertz CT molecular complexity index is 1040. The number of ether oxygens (including phenoxy) is 1. The third kappa shape index (κ3) is 5.81. The molecule has 172 valence electrons. The highest BCUT2D eigenvalue weighted by molar-refractivity contribution is 5.73. The van der Waals surface area contributed by atoms with Gasteiger partial charge in [0.15, 0.2) is 5.52 Å². The summed E-state index contributed by atoms with van der Waals surface area (Å²) in [5, 5.41) is 13.0. The van der Waals surface area contributed by atoms with Gasteiger partial charge in [-0.1, -0.05) is 64.0 Å². The minimum atomic E-state index is -0.479. The van der Waals surface area contributed by atoms with E-state index < -0.39 is 5.56 Å². The first-order valence-electron chi connectivity index (χ1n) is 11.8. The maximum absolute atomic E-state index is 13.0. The molecule has 0 saturated heterocycles. The molecule has 0 bridgehead atoms. The van der Waals surface area contributed by atoms with Crippen molar-refractivity contribution in [3.05, 3.63) is 64.1 Å². The number of benzene rings is 2. The van der Waals surface area contributed by atoms with Gasteiger partial charge >= 0.3 is 5.56 Å². The second-order valence-electron chi connectivity index (χ2n) is 8.00. The molecule has 0 aliphatic rings. The van der Waals surface area contributed by atoms with Gasteiger partial charge in [0, 0.05) is 6.07 Å². The Kier molecular flexibility index (Phi) is 8.96. The smallest absolute Gasteiger partial charge is 0.357 e. The Morgan fingerprint density at radius 1 is 0.875 bits per heavy atom. The summed E-state index contributed by atoms with van der Waals surface area (Å²) in [7, 11) is 0. The molecule has 32 heavy (non-hydrogen) atoms. The van der Waals surface area contributed by atoms with Gasteiger partial charge in [-0.3, -0.25) is 4.79 Å². The van der Waals surface area contributed by atoms with Gasteiger partial charge in [-0.05, 0) is 43.7 Å². The summed E-state index contributed by atoms with van der Waals surface area (Å²) in [6.07, 6.45) is 10.0. The van der Waals surface area contributed by atoms with E-state index in [2.05, 4.69) is 6.92 Å². The molecule has 1 heterocycles. The Labute approximate surface area is 189 Å². The molecule has 0 aliphatic heterocycles. The lowest BCUT2D eigenvalue weighted by molar-refractivity contribution is -0.566. The van der Waals surface area contributed by atoms with E-state index in [-0.39, 0.29) is 5.69 Å². The van der Waals surface area contributed by atoms with Crippen molar-refractivity contribution in [1.82, 2.24) is 4.73 Å². The van der Waals surface area contributed by atoms with Crippen LogP contribution in [0.3, 0.4) is 0 Å². The van der Waals surface area contributed by atoms with Crippen LogP contribution >= 0.6 is 0 Å². The molecule has 0 unspecified atom stereocenters. The lowest BCUT2D eigenvalue weighted by Gasteiger charge is -2.13. The highest BCUT2D eigenvalue weighted by atomic mass is 16.7. The largest absolute Gasteiger partial charge is 0.618 e. The Morgan fingerprint density at radius 2 is 1.53 bits per heavy atom. The van der Waals surface area contributed by atoms with E-state index in [9.17, 15) is 10.0 Å². The molecule has 0 amide bonds. The van der Waals surface area contributed by atoms with Crippen LogP contribution in [0.4, 0.5) is 0 Å². The first kappa shape index (κ1) is 23.6. The summed E-state index contributed by atoms with van der Waals surface area (Å²) in [4.78, 5) is 18.6. The van der Waals surface area contributed by atoms with E-state index >= 15 is 0 Å². The molecule has 0 spiro atoms. The third-order valence-corrected chi connectivity index (χ3v) is 5.56. The number of para-hydroxylation sites is 2. The fourth-order valence-electron chi connectivity index (χ4n) is 3.85. The number of hydrogen-bond acceptors (Lipinski definition) is 4. The minimum absolute atomic E-state index is 0.0340. The van der Waals surface area contributed by atoms with Crippen LogP contribution in [-0.4, -0.2) is 17.9 Å². The zero-order valence-corrected chi connectivity index (χ0v) is 19.2. The number of rotatable bonds is 13. The van der Waals surface area contributed by atoms with E-state index in [4.69, 9.17) is 9.57 Å². The number of aromatic nitrogens is 2. The molecule has 0 aliphatic carbocycles. The van der Waals surface area contributed by atoms with Gasteiger partial charge in [0.05, 0.1) is 12.2 Å². The van der Waals surface area contributed by atoms with Crippen LogP contribution in [-0.2, 0) is 0 Å². The lowest BCUT2D eigenvalue weighted by Crippen LogP contribution is -2.42. The van der Waals surface area contributed by atoms with E-state index in [1.807, 2.05) is 0 Å². The van der Waals surface area contributed by atoms with E-state index in [1.165, 1.54) is 49.7 Å². The Balaban J connectivity index is 1.64. The van der Waals surface area contributed by atoms with Crippen LogP contribution in [0.1, 0.15) is 65.2 Å². The molecular weight excluding hydrogens is 404 g/mol. The predicted molar refractivity (Wildman–Crippen MR) is 128 cm³/mol. The van der Waals surface area contributed by atoms with Crippen molar-refractivity contribution >= 4 is 11.0 Å². The maximum Gasteiger partial charge on any atom is 0.357 e. The van der Waals surface area contributed by atoms with Gasteiger partial charge < -0.3 is 14.8 Å². The SMILES string of the molecule is CCCCCCCCCCOc1ccc(-c2c(=O)n(OCC)c3ccccc3[n+]2[O-])cc1. The van der Waals surface area contributed by atoms with Crippen LogP contribution < -0.4 is 19.9 Å².